The number of hydrogen-bond acceptors (Lipinski definition) is 3. The molecule has 1 rings (SSSR count). The number of nitrogens with two attached hydrogens (primary N) is 1. The van der Waals surface area contributed by atoms with Crippen LogP contribution in [0, 0.1) is 5.95 Å². The third-order valence-electron chi connectivity index (χ3n) is 1.36. The van der Waals surface area contributed by atoms with Gasteiger partial charge in [0, 0.05) is 12.7 Å². The van der Waals surface area contributed by atoms with Crippen LogP contribution in [-0.2, 0) is 0 Å². The molecule has 0 spiro atoms. The zero-order valence-corrected chi connectivity index (χ0v) is 5.87. The summed E-state index contributed by atoms with van der Waals surface area (Å²) in [5.74, 6) is -0.602. The van der Waals surface area contributed by atoms with Crippen LogP contribution in [0.2, 0.25) is 0 Å². The van der Waals surface area contributed by atoms with Crippen molar-refractivity contribution < 1.29 is 9.50 Å². The van der Waals surface area contributed by atoms with Gasteiger partial charge in [-0.25, -0.2) is 4.98 Å². The molecule has 0 saturated carbocycles. The molecule has 1 heterocycles. The maximum absolute atomic E-state index is 12.4. The third kappa shape index (κ3) is 1.96. The van der Waals surface area contributed by atoms with Crippen LogP contribution in [0.15, 0.2) is 18.3 Å². The van der Waals surface area contributed by atoms with Gasteiger partial charge in [-0.2, -0.15) is 4.39 Å². The number of nitrogens with zero attached hydrogens (tertiary/aromatic N) is 1. The number of halogens is 1. The molecule has 0 radical (unpaired) electrons. The number of aromatic nitrogens is 1. The maximum Gasteiger partial charge on any atom is 0.213 e. The lowest BCUT2D eigenvalue weighted by molar-refractivity contribution is 0.186. The van der Waals surface area contributed by atoms with Crippen LogP contribution in [0.5, 0.6) is 0 Å². The number of aliphatic hydroxyl groups is 1. The minimum Gasteiger partial charge on any atom is -0.387 e. The summed E-state index contributed by atoms with van der Waals surface area (Å²) in [6, 6.07) is 2.69. The molecule has 1 aromatic heterocycles. The Morgan fingerprint density at radius 3 is 3.00 bits per heavy atom. The van der Waals surface area contributed by atoms with Gasteiger partial charge in [0.05, 0.1) is 6.10 Å². The van der Waals surface area contributed by atoms with Crippen molar-refractivity contribution in [3.63, 3.8) is 0 Å². The van der Waals surface area contributed by atoms with Gasteiger partial charge in [0.15, 0.2) is 0 Å². The van der Waals surface area contributed by atoms with Crippen molar-refractivity contribution in [1.82, 2.24) is 4.98 Å². The number of hydrogen-bond donors (Lipinski definition) is 2. The second-order valence-corrected chi connectivity index (χ2v) is 2.16. The van der Waals surface area contributed by atoms with Gasteiger partial charge >= 0.3 is 0 Å². The second kappa shape index (κ2) is 3.41. The van der Waals surface area contributed by atoms with Gasteiger partial charge in [-0.15, -0.1) is 0 Å². The standard InChI is InChI=1S/C7H9FN2O/c8-7-3-5(1-2-10-7)6(11)4-9/h1-3,6,11H,4,9H2. The molecule has 0 bridgehead atoms. The van der Waals surface area contributed by atoms with E-state index < -0.39 is 12.1 Å². The Balaban J connectivity index is 2.86. The van der Waals surface area contributed by atoms with E-state index in [4.69, 9.17) is 10.8 Å². The average molecular weight is 156 g/mol. The van der Waals surface area contributed by atoms with E-state index in [1.165, 1.54) is 12.3 Å². The van der Waals surface area contributed by atoms with E-state index in [0.717, 1.165) is 6.07 Å². The lowest BCUT2D eigenvalue weighted by Gasteiger charge is -2.06. The van der Waals surface area contributed by atoms with E-state index in [1.807, 2.05) is 0 Å². The summed E-state index contributed by atoms with van der Waals surface area (Å²) in [4.78, 5) is 3.34. The van der Waals surface area contributed by atoms with Crippen LogP contribution in [0.1, 0.15) is 11.7 Å². The van der Waals surface area contributed by atoms with Gasteiger partial charge in [0.2, 0.25) is 5.95 Å². The van der Waals surface area contributed by atoms with Crippen LogP contribution in [0.4, 0.5) is 4.39 Å². The van der Waals surface area contributed by atoms with Gasteiger partial charge in [-0.05, 0) is 17.7 Å². The molecule has 1 aromatic rings. The topological polar surface area (TPSA) is 59.1 Å². The van der Waals surface area contributed by atoms with Crippen molar-refractivity contribution in [2.75, 3.05) is 6.54 Å². The lowest BCUT2D eigenvalue weighted by atomic mass is 10.1. The minimum atomic E-state index is -0.799. The third-order valence-corrected chi connectivity index (χ3v) is 1.36. The molecule has 0 aliphatic heterocycles. The first-order valence-electron chi connectivity index (χ1n) is 3.23. The normalized spacial score (nSPS) is 13.0. The number of aliphatic hydroxyl groups excluding tert-OH is 1. The van der Waals surface area contributed by atoms with Crippen LogP contribution in [0.3, 0.4) is 0 Å². The molecule has 0 aliphatic carbocycles. The van der Waals surface area contributed by atoms with E-state index in [9.17, 15) is 4.39 Å². The summed E-state index contributed by atoms with van der Waals surface area (Å²) in [5.41, 5.74) is 5.62. The molecule has 3 nitrogen and oxygen atoms in total. The summed E-state index contributed by atoms with van der Waals surface area (Å²) in [7, 11) is 0. The predicted molar refractivity (Wildman–Crippen MR) is 38.2 cm³/mol. The molecule has 0 amide bonds. The Hall–Kier alpha value is -1.00. The lowest BCUT2D eigenvalue weighted by Crippen LogP contribution is -2.11. The molecule has 0 saturated heterocycles. The fourth-order valence-corrected chi connectivity index (χ4v) is 0.761. The SMILES string of the molecule is NCC(O)c1ccnc(F)c1. The van der Waals surface area contributed by atoms with E-state index in [-0.39, 0.29) is 6.54 Å². The second-order valence-electron chi connectivity index (χ2n) is 2.16. The highest BCUT2D eigenvalue weighted by molar-refractivity contribution is 5.13. The van der Waals surface area contributed by atoms with Crippen molar-refractivity contribution in [3.8, 4) is 0 Å². The molecule has 0 aliphatic rings. The summed E-state index contributed by atoms with van der Waals surface area (Å²) in [6.45, 7) is 0.0868. The molecule has 0 fully saturated rings. The number of pyridine rings is 1. The Bertz CT molecular complexity index is 242. The van der Waals surface area contributed by atoms with Crippen molar-refractivity contribution >= 4 is 0 Å². The Labute approximate surface area is 63.7 Å². The first kappa shape index (κ1) is 8.10. The molecule has 1 atom stereocenters. The Kier molecular flexibility index (Phi) is 2.51. The predicted octanol–water partition coefficient (Wildman–Crippen LogP) is 0.213. The molecular weight excluding hydrogens is 147 g/mol. The van der Waals surface area contributed by atoms with E-state index in [2.05, 4.69) is 4.98 Å². The molecular formula is C7H9FN2O. The first-order valence-corrected chi connectivity index (χ1v) is 3.23. The Morgan fingerprint density at radius 2 is 2.45 bits per heavy atom. The fraction of sp³-hybridized carbons (Fsp3) is 0.286. The highest BCUT2D eigenvalue weighted by Crippen LogP contribution is 2.10. The highest BCUT2D eigenvalue weighted by Gasteiger charge is 2.04. The molecule has 0 aromatic carbocycles. The summed E-state index contributed by atoms with van der Waals surface area (Å²) in [5, 5.41) is 9.13. The van der Waals surface area contributed by atoms with Gasteiger partial charge in [0.1, 0.15) is 0 Å². The summed E-state index contributed by atoms with van der Waals surface area (Å²) in [6.07, 6.45) is 0.497. The van der Waals surface area contributed by atoms with Crippen LogP contribution < -0.4 is 5.73 Å². The molecule has 4 heteroatoms. The van der Waals surface area contributed by atoms with Crippen molar-refractivity contribution in [2.24, 2.45) is 5.73 Å². The van der Waals surface area contributed by atoms with E-state index in [1.54, 1.807) is 0 Å². The number of rotatable bonds is 2. The highest BCUT2D eigenvalue weighted by atomic mass is 19.1. The van der Waals surface area contributed by atoms with Gasteiger partial charge in [-0.3, -0.25) is 0 Å². The monoisotopic (exact) mass is 156 g/mol. The largest absolute Gasteiger partial charge is 0.387 e. The van der Waals surface area contributed by atoms with Crippen molar-refractivity contribution in [3.05, 3.63) is 29.8 Å². The van der Waals surface area contributed by atoms with Crippen LogP contribution in [0.25, 0.3) is 0 Å². The van der Waals surface area contributed by atoms with Gasteiger partial charge in [0.25, 0.3) is 0 Å². The fourth-order valence-electron chi connectivity index (χ4n) is 0.761. The summed E-state index contributed by atoms with van der Waals surface area (Å²) < 4.78 is 12.4. The zero-order valence-electron chi connectivity index (χ0n) is 5.87. The van der Waals surface area contributed by atoms with Gasteiger partial charge in [-0.1, -0.05) is 0 Å². The molecule has 11 heavy (non-hydrogen) atoms. The van der Waals surface area contributed by atoms with Gasteiger partial charge < -0.3 is 10.8 Å². The first-order chi connectivity index (χ1) is 5.24. The molecule has 3 N–H and O–H groups in total. The van der Waals surface area contributed by atoms with Crippen molar-refractivity contribution in [1.29, 1.82) is 0 Å². The van der Waals surface area contributed by atoms with Crippen molar-refractivity contribution in [2.45, 2.75) is 6.10 Å². The smallest absolute Gasteiger partial charge is 0.213 e. The van der Waals surface area contributed by atoms with Crippen LogP contribution in [-0.4, -0.2) is 16.6 Å². The zero-order chi connectivity index (χ0) is 8.27. The summed E-state index contributed by atoms with van der Waals surface area (Å²) >= 11 is 0. The van der Waals surface area contributed by atoms with Crippen LogP contribution >= 0.6 is 0 Å². The maximum atomic E-state index is 12.4. The molecule has 1 unspecified atom stereocenters. The van der Waals surface area contributed by atoms with E-state index in [0.29, 0.717) is 5.56 Å². The minimum absolute atomic E-state index is 0.0868. The quantitative estimate of drug-likeness (QED) is 0.602. The van der Waals surface area contributed by atoms with E-state index >= 15 is 0 Å². The average Bonchev–Trinajstić information content (AvgIpc) is 2.03. The Morgan fingerprint density at radius 1 is 1.73 bits per heavy atom. The molecule has 60 valence electrons.